The SMILES string of the molecule is Cc1ccc(CNC(=O)CN2CC(C)c3ccccc32)cc1F. The lowest BCUT2D eigenvalue weighted by atomic mass is 10.0. The number of hydrogen-bond donors (Lipinski definition) is 1. The Hall–Kier alpha value is -2.36. The van der Waals surface area contributed by atoms with Crippen molar-refractivity contribution in [3.63, 3.8) is 0 Å². The van der Waals surface area contributed by atoms with Gasteiger partial charge in [-0.2, -0.15) is 0 Å². The summed E-state index contributed by atoms with van der Waals surface area (Å²) in [6.45, 7) is 5.43. The number of anilines is 1. The molecular weight excluding hydrogens is 291 g/mol. The molecule has 0 fully saturated rings. The molecule has 1 heterocycles. The molecule has 0 aliphatic carbocycles. The molecule has 0 bridgehead atoms. The van der Waals surface area contributed by atoms with Crippen LogP contribution in [0, 0.1) is 12.7 Å². The van der Waals surface area contributed by atoms with Crippen molar-refractivity contribution < 1.29 is 9.18 Å². The molecule has 1 atom stereocenters. The Labute approximate surface area is 136 Å². The fraction of sp³-hybridized carbons (Fsp3) is 0.316. The number of fused-ring (bicyclic) bond motifs is 1. The maximum Gasteiger partial charge on any atom is 0.239 e. The van der Waals surface area contributed by atoms with Gasteiger partial charge >= 0.3 is 0 Å². The predicted octanol–water partition coefficient (Wildman–Crippen LogP) is 3.37. The van der Waals surface area contributed by atoms with Crippen molar-refractivity contribution >= 4 is 11.6 Å². The van der Waals surface area contributed by atoms with Crippen LogP contribution in [-0.4, -0.2) is 19.0 Å². The average Bonchev–Trinajstić information content (AvgIpc) is 2.85. The second kappa shape index (κ2) is 6.41. The van der Waals surface area contributed by atoms with Gasteiger partial charge in [-0.3, -0.25) is 4.79 Å². The zero-order valence-electron chi connectivity index (χ0n) is 13.5. The Morgan fingerprint density at radius 1 is 1.30 bits per heavy atom. The second-order valence-corrected chi connectivity index (χ2v) is 6.20. The quantitative estimate of drug-likeness (QED) is 0.939. The lowest BCUT2D eigenvalue weighted by molar-refractivity contribution is -0.119. The van der Waals surface area contributed by atoms with Crippen molar-refractivity contribution in [1.29, 1.82) is 0 Å². The molecule has 3 nitrogen and oxygen atoms in total. The third-order valence-electron chi connectivity index (χ3n) is 4.36. The molecular formula is C19H21FN2O. The molecule has 1 aliphatic rings. The molecule has 0 radical (unpaired) electrons. The van der Waals surface area contributed by atoms with Crippen molar-refractivity contribution in [1.82, 2.24) is 5.32 Å². The maximum atomic E-state index is 13.5. The van der Waals surface area contributed by atoms with Gasteiger partial charge in [-0.15, -0.1) is 0 Å². The van der Waals surface area contributed by atoms with E-state index in [2.05, 4.69) is 29.3 Å². The van der Waals surface area contributed by atoms with Crippen LogP contribution in [0.3, 0.4) is 0 Å². The standard InChI is InChI=1S/C19H21FN2O/c1-13-7-8-15(9-17(13)20)10-21-19(23)12-22-11-14(2)16-5-3-4-6-18(16)22/h3-9,14H,10-12H2,1-2H3,(H,21,23). The first-order valence-corrected chi connectivity index (χ1v) is 7.90. The number of amides is 1. The zero-order chi connectivity index (χ0) is 16.4. The van der Waals surface area contributed by atoms with Crippen LogP contribution in [0.25, 0.3) is 0 Å². The molecule has 1 unspecified atom stereocenters. The largest absolute Gasteiger partial charge is 0.361 e. The minimum absolute atomic E-state index is 0.0464. The maximum absolute atomic E-state index is 13.5. The van der Waals surface area contributed by atoms with Gasteiger partial charge in [0.1, 0.15) is 5.82 Å². The van der Waals surface area contributed by atoms with E-state index < -0.39 is 0 Å². The number of nitrogens with one attached hydrogen (secondary N) is 1. The van der Waals surface area contributed by atoms with E-state index in [1.165, 1.54) is 11.6 Å². The number of aryl methyl sites for hydroxylation is 1. The van der Waals surface area contributed by atoms with Crippen molar-refractivity contribution in [3.8, 4) is 0 Å². The van der Waals surface area contributed by atoms with E-state index >= 15 is 0 Å². The summed E-state index contributed by atoms with van der Waals surface area (Å²) in [5.74, 6) is 0.152. The lowest BCUT2D eigenvalue weighted by Crippen LogP contribution is -2.36. The van der Waals surface area contributed by atoms with E-state index in [0.29, 0.717) is 24.6 Å². The number of rotatable bonds is 4. The summed E-state index contributed by atoms with van der Waals surface area (Å²) in [7, 11) is 0. The molecule has 3 rings (SSSR count). The number of carbonyl (C=O) groups is 1. The monoisotopic (exact) mass is 312 g/mol. The third kappa shape index (κ3) is 3.36. The van der Waals surface area contributed by atoms with Gasteiger partial charge in [0.05, 0.1) is 6.54 Å². The Morgan fingerprint density at radius 3 is 2.87 bits per heavy atom. The molecule has 2 aromatic carbocycles. The van der Waals surface area contributed by atoms with E-state index in [0.717, 1.165) is 17.8 Å². The molecule has 0 aromatic heterocycles. The average molecular weight is 312 g/mol. The number of nitrogens with zero attached hydrogens (tertiary/aromatic N) is 1. The van der Waals surface area contributed by atoms with E-state index in [4.69, 9.17) is 0 Å². The summed E-state index contributed by atoms with van der Waals surface area (Å²) >= 11 is 0. The Bertz CT molecular complexity index is 729. The van der Waals surface area contributed by atoms with Gasteiger partial charge in [-0.1, -0.05) is 37.3 Å². The van der Waals surface area contributed by atoms with Gasteiger partial charge in [-0.05, 0) is 35.7 Å². The zero-order valence-corrected chi connectivity index (χ0v) is 13.5. The first kappa shape index (κ1) is 15.5. The summed E-state index contributed by atoms with van der Waals surface area (Å²) in [4.78, 5) is 14.3. The van der Waals surface area contributed by atoms with Crippen molar-refractivity contribution in [2.24, 2.45) is 0 Å². The summed E-state index contributed by atoms with van der Waals surface area (Å²) < 4.78 is 13.5. The van der Waals surface area contributed by atoms with E-state index in [1.54, 1.807) is 13.0 Å². The molecule has 1 N–H and O–H groups in total. The minimum atomic E-state index is -0.237. The first-order chi connectivity index (χ1) is 11.0. The number of para-hydroxylation sites is 1. The molecule has 23 heavy (non-hydrogen) atoms. The smallest absolute Gasteiger partial charge is 0.239 e. The van der Waals surface area contributed by atoms with Gasteiger partial charge in [0, 0.05) is 24.7 Å². The molecule has 2 aromatic rings. The summed E-state index contributed by atoms with van der Waals surface area (Å²) in [6, 6.07) is 13.3. The molecule has 1 amide bonds. The van der Waals surface area contributed by atoms with Gasteiger partial charge < -0.3 is 10.2 Å². The van der Waals surface area contributed by atoms with Crippen LogP contribution >= 0.6 is 0 Å². The summed E-state index contributed by atoms with van der Waals surface area (Å²) in [5, 5.41) is 2.87. The predicted molar refractivity (Wildman–Crippen MR) is 90.1 cm³/mol. The first-order valence-electron chi connectivity index (χ1n) is 7.90. The minimum Gasteiger partial charge on any atom is -0.361 e. The van der Waals surface area contributed by atoms with Gasteiger partial charge in [-0.25, -0.2) is 4.39 Å². The number of hydrogen-bond acceptors (Lipinski definition) is 2. The highest BCUT2D eigenvalue weighted by molar-refractivity contribution is 5.82. The van der Waals surface area contributed by atoms with Crippen LogP contribution in [0.1, 0.15) is 29.5 Å². The molecule has 0 saturated carbocycles. The highest BCUT2D eigenvalue weighted by atomic mass is 19.1. The van der Waals surface area contributed by atoms with Crippen LogP contribution in [0.2, 0.25) is 0 Å². The second-order valence-electron chi connectivity index (χ2n) is 6.20. The summed E-state index contributed by atoms with van der Waals surface area (Å²) in [6.07, 6.45) is 0. The summed E-state index contributed by atoms with van der Waals surface area (Å²) in [5.41, 5.74) is 3.82. The van der Waals surface area contributed by atoms with Crippen LogP contribution in [0.4, 0.5) is 10.1 Å². The highest BCUT2D eigenvalue weighted by Gasteiger charge is 2.26. The topological polar surface area (TPSA) is 32.3 Å². The Kier molecular flexibility index (Phi) is 4.33. The Morgan fingerprint density at radius 2 is 2.09 bits per heavy atom. The van der Waals surface area contributed by atoms with E-state index in [9.17, 15) is 9.18 Å². The fourth-order valence-electron chi connectivity index (χ4n) is 3.05. The lowest BCUT2D eigenvalue weighted by Gasteiger charge is -2.19. The molecule has 4 heteroatoms. The number of benzene rings is 2. The van der Waals surface area contributed by atoms with Crippen LogP contribution in [-0.2, 0) is 11.3 Å². The molecule has 0 saturated heterocycles. The van der Waals surface area contributed by atoms with Crippen molar-refractivity contribution in [3.05, 3.63) is 65.0 Å². The third-order valence-corrected chi connectivity index (χ3v) is 4.36. The van der Waals surface area contributed by atoms with E-state index in [1.807, 2.05) is 18.2 Å². The van der Waals surface area contributed by atoms with Gasteiger partial charge in [0.25, 0.3) is 0 Å². The number of carbonyl (C=O) groups excluding carboxylic acids is 1. The van der Waals surface area contributed by atoms with Gasteiger partial charge in [0.2, 0.25) is 5.91 Å². The normalized spacial score (nSPS) is 16.3. The van der Waals surface area contributed by atoms with Crippen molar-refractivity contribution in [2.75, 3.05) is 18.0 Å². The van der Waals surface area contributed by atoms with Gasteiger partial charge in [0.15, 0.2) is 0 Å². The van der Waals surface area contributed by atoms with Crippen molar-refractivity contribution in [2.45, 2.75) is 26.3 Å². The van der Waals surface area contributed by atoms with Crippen LogP contribution in [0.5, 0.6) is 0 Å². The highest BCUT2D eigenvalue weighted by Crippen LogP contribution is 2.35. The molecule has 1 aliphatic heterocycles. The van der Waals surface area contributed by atoms with Crippen LogP contribution in [0.15, 0.2) is 42.5 Å². The van der Waals surface area contributed by atoms with Crippen LogP contribution < -0.4 is 10.2 Å². The fourth-order valence-corrected chi connectivity index (χ4v) is 3.05. The number of halogens is 1. The van der Waals surface area contributed by atoms with E-state index in [-0.39, 0.29) is 11.7 Å². The Balaban J connectivity index is 1.59. The molecule has 0 spiro atoms. The molecule has 120 valence electrons.